The van der Waals surface area contributed by atoms with E-state index in [-0.39, 0.29) is 11.7 Å². The molecule has 0 aliphatic carbocycles. The molecule has 3 aromatic rings. The van der Waals surface area contributed by atoms with Crippen molar-refractivity contribution in [3.8, 4) is 0 Å². The predicted molar refractivity (Wildman–Crippen MR) is 113 cm³/mol. The summed E-state index contributed by atoms with van der Waals surface area (Å²) in [5.41, 5.74) is 1.97. The number of nitrogens with zero attached hydrogens (tertiary/aromatic N) is 2. The number of hydrogen-bond acceptors (Lipinski definition) is 8. The van der Waals surface area contributed by atoms with Gasteiger partial charge >= 0.3 is 5.97 Å². The Bertz CT molecular complexity index is 948. The van der Waals surface area contributed by atoms with Crippen molar-refractivity contribution in [3.05, 3.63) is 65.7 Å². The normalized spacial score (nSPS) is 10.5. The van der Waals surface area contributed by atoms with E-state index in [1.165, 1.54) is 35.8 Å². The maximum atomic E-state index is 12.2. The van der Waals surface area contributed by atoms with Crippen LogP contribution in [0, 0.1) is 0 Å². The van der Waals surface area contributed by atoms with Crippen LogP contribution in [0.2, 0.25) is 0 Å². The van der Waals surface area contributed by atoms with Gasteiger partial charge < -0.3 is 10.1 Å². The maximum Gasteiger partial charge on any atom is 0.339 e. The molecule has 9 heteroatoms. The average Bonchev–Trinajstić information content (AvgIpc) is 3.19. The highest BCUT2D eigenvalue weighted by atomic mass is 32.2. The fourth-order valence-electron chi connectivity index (χ4n) is 2.23. The summed E-state index contributed by atoms with van der Waals surface area (Å²) >= 11 is 4.39. The molecule has 1 heterocycles. The fraction of sp³-hybridized carbons (Fsp3) is 0.158. The zero-order valence-corrected chi connectivity index (χ0v) is 17.4. The molecule has 1 N–H and O–H groups in total. The minimum Gasteiger partial charge on any atom is -0.465 e. The zero-order valence-electron chi connectivity index (χ0n) is 15.0. The molecule has 0 aliphatic rings. The zero-order chi connectivity index (χ0) is 19.8. The molecule has 2 aromatic carbocycles. The molecule has 0 atom stereocenters. The maximum absolute atomic E-state index is 12.2. The number of ether oxygens (including phenoxy) is 1. The van der Waals surface area contributed by atoms with Gasteiger partial charge in [0.25, 0.3) is 0 Å². The summed E-state index contributed by atoms with van der Waals surface area (Å²) in [4.78, 5) is 24.0. The van der Waals surface area contributed by atoms with Crippen molar-refractivity contribution >= 4 is 52.4 Å². The third kappa shape index (κ3) is 5.82. The number of anilines is 1. The van der Waals surface area contributed by atoms with Gasteiger partial charge in [-0.2, -0.15) is 0 Å². The second-order valence-electron chi connectivity index (χ2n) is 5.48. The third-order valence-electron chi connectivity index (χ3n) is 3.53. The number of carbonyl (C=O) groups excluding carboxylic acids is 2. The lowest BCUT2D eigenvalue weighted by molar-refractivity contribution is -0.113. The third-order valence-corrected chi connectivity index (χ3v) is 6.79. The van der Waals surface area contributed by atoms with Crippen LogP contribution in [0.25, 0.3) is 0 Å². The summed E-state index contributed by atoms with van der Waals surface area (Å²) in [7, 11) is 1.31. The molecule has 6 nitrogen and oxygen atoms in total. The molecular formula is C19H17N3O3S3. The van der Waals surface area contributed by atoms with Crippen LogP contribution < -0.4 is 5.32 Å². The Balaban J connectivity index is 1.50. The standard InChI is InChI=1S/C19H17N3O3S3/c1-25-17(24)14-9-5-6-10-15(14)20-16(23)12-27-19-22-21-18(28-19)26-11-13-7-3-2-4-8-13/h2-10H,11-12H2,1H3,(H,20,23). The van der Waals surface area contributed by atoms with Crippen molar-refractivity contribution < 1.29 is 14.3 Å². The number of amides is 1. The molecule has 1 amide bonds. The summed E-state index contributed by atoms with van der Waals surface area (Å²) in [5, 5.41) is 11.0. The van der Waals surface area contributed by atoms with Crippen LogP contribution in [0.3, 0.4) is 0 Å². The van der Waals surface area contributed by atoms with Crippen LogP contribution in [-0.2, 0) is 15.3 Å². The van der Waals surface area contributed by atoms with Gasteiger partial charge in [0.15, 0.2) is 8.68 Å². The predicted octanol–water partition coefficient (Wildman–Crippen LogP) is 4.35. The number of esters is 1. The highest BCUT2D eigenvalue weighted by Gasteiger charge is 2.14. The van der Waals surface area contributed by atoms with Crippen LogP contribution in [-0.4, -0.2) is 34.9 Å². The number of thioether (sulfide) groups is 2. The van der Waals surface area contributed by atoms with Gasteiger partial charge in [0, 0.05) is 5.75 Å². The topological polar surface area (TPSA) is 81.2 Å². The van der Waals surface area contributed by atoms with Crippen molar-refractivity contribution in [1.82, 2.24) is 10.2 Å². The first kappa shape index (κ1) is 20.4. The molecule has 0 bridgehead atoms. The minimum absolute atomic E-state index is 0.174. The van der Waals surface area contributed by atoms with Crippen molar-refractivity contribution in [3.63, 3.8) is 0 Å². The average molecular weight is 432 g/mol. The first-order valence-corrected chi connectivity index (χ1v) is 11.0. The molecule has 0 saturated heterocycles. The highest BCUT2D eigenvalue weighted by Crippen LogP contribution is 2.30. The first-order valence-electron chi connectivity index (χ1n) is 8.26. The van der Waals surface area contributed by atoms with E-state index in [1.807, 2.05) is 18.2 Å². The molecular weight excluding hydrogens is 414 g/mol. The molecule has 0 fully saturated rings. The smallest absolute Gasteiger partial charge is 0.339 e. The Morgan fingerprint density at radius 2 is 1.68 bits per heavy atom. The summed E-state index contributed by atoms with van der Waals surface area (Å²) < 4.78 is 6.32. The summed E-state index contributed by atoms with van der Waals surface area (Å²) in [5.74, 6) is 0.279. The Hall–Kier alpha value is -2.36. The van der Waals surface area contributed by atoms with E-state index in [0.29, 0.717) is 11.3 Å². The molecule has 0 unspecified atom stereocenters. The molecule has 0 saturated carbocycles. The number of carbonyl (C=O) groups is 2. The van der Waals surface area contributed by atoms with E-state index in [4.69, 9.17) is 4.74 Å². The van der Waals surface area contributed by atoms with Gasteiger partial charge in [0.2, 0.25) is 5.91 Å². The van der Waals surface area contributed by atoms with Crippen molar-refractivity contribution in [2.75, 3.05) is 18.2 Å². The quantitative estimate of drug-likeness (QED) is 0.419. The van der Waals surface area contributed by atoms with Crippen molar-refractivity contribution in [1.29, 1.82) is 0 Å². The number of nitrogens with one attached hydrogen (secondary N) is 1. The monoisotopic (exact) mass is 431 g/mol. The van der Waals surface area contributed by atoms with E-state index >= 15 is 0 Å². The molecule has 3 rings (SSSR count). The molecule has 0 radical (unpaired) electrons. The summed E-state index contributed by atoms with van der Waals surface area (Å²) in [6.07, 6.45) is 0. The molecule has 1 aromatic heterocycles. The van der Waals surface area contributed by atoms with Gasteiger partial charge in [-0.05, 0) is 17.7 Å². The number of aromatic nitrogens is 2. The number of benzene rings is 2. The Morgan fingerprint density at radius 3 is 2.43 bits per heavy atom. The SMILES string of the molecule is COC(=O)c1ccccc1NC(=O)CSc1nnc(SCc2ccccc2)s1. The second-order valence-corrected chi connectivity index (χ2v) is 8.90. The van der Waals surface area contributed by atoms with Crippen LogP contribution in [0.15, 0.2) is 63.3 Å². The Morgan fingerprint density at radius 1 is 1.00 bits per heavy atom. The minimum atomic E-state index is -0.493. The van der Waals surface area contributed by atoms with Gasteiger partial charge in [0.05, 0.1) is 24.1 Å². The van der Waals surface area contributed by atoms with Crippen LogP contribution >= 0.6 is 34.9 Å². The lowest BCUT2D eigenvalue weighted by Gasteiger charge is -2.08. The number of para-hydroxylation sites is 1. The van der Waals surface area contributed by atoms with E-state index < -0.39 is 5.97 Å². The molecule has 28 heavy (non-hydrogen) atoms. The van der Waals surface area contributed by atoms with E-state index in [9.17, 15) is 9.59 Å². The van der Waals surface area contributed by atoms with E-state index in [2.05, 4.69) is 27.6 Å². The fourth-order valence-corrected chi connectivity index (χ4v) is 5.00. The van der Waals surface area contributed by atoms with Crippen molar-refractivity contribution in [2.24, 2.45) is 0 Å². The summed E-state index contributed by atoms with van der Waals surface area (Å²) in [6.45, 7) is 0. The van der Waals surface area contributed by atoms with Crippen LogP contribution in [0.4, 0.5) is 5.69 Å². The van der Waals surface area contributed by atoms with Crippen molar-refractivity contribution in [2.45, 2.75) is 14.4 Å². The first-order chi connectivity index (χ1) is 13.7. The van der Waals surface area contributed by atoms with E-state index in [1.54, 1.807) is 36.0 Å². The molecule has 0 aliphatic heterocycles. The highest BCUT2D eigenvalue weighted by molar-refractivity contribution is 8.03. The van der Waals surface area contributed by atoms with E-state index in [0.717, 1.165) is 14.4 Å². The van der Waals surface area contributed by atoms with Crippen LogP contribution in [0.1, 0.15) is 15.9 Å². The number of methoxy groups -OCH3 is 1. The lowest BCUT2D eigenvalue weighted by atomic mass is 10.2. The summed E-state index contributed by atoms with van der Waals surface area (Å²) in [6, 6.07) is 16.9. The largest absolute Gasteiger partial charge is 0.465 e. The Labute approximate surface area is 175 Å². The number of hydrogen-bond donors (Lipinski definition) is 1. The number of rotatable bonds is 8. The van der Waals surface area contributed by atoms with Gasteiger partial charge in [-0.25, -0.2) is 4.79 Å². The molecule has 144 valence electrons. The van der Waals surface area contributed by atoms with Crippen LogP contribution in [0.5, 0.6) is 0 Å². The van der Waals surface area contributed by atoms with Gasteiger partial charge in [-0.15, -0.1) is 10.2 Å². The van der Waals surface area contributed by atoms with Gasteiger partial charge in [0.1, 0.15) is 0 Å². The van der Waals surface area contributed by atoms with Gasteiger partial charge in [-0.1, -0.05) is 77.3 Å². The lowest BCUT2D eigenvalue weighted by Crippen LogP contribution is -2.17. The van der Waals surface area contributed by atoms with Gasteiger partial charge in [-0.3, -0.25) is 4.79 Å². The Kier molecular flexibility index (Phi) is 7.46. The second kappa shape index (κ2) is 10.3. The molecule has 0 spiro atoms.